The maximum Gasteiger partial charge on any atom is 0.303 e. The summed E-state index contributed by atoms with van der Waals surface area (Å²) in [4.78, 5) is 10.2. The average molecular weight is 186 g/mol. The number of hydrogen-bond donors (Lipinski definition) is 1. The Morgan fingerprint density at radius 1 is 1.08 bits per heavy atom. The molecule has 0 aromatic heterocycles. The van der Waals surface area contributed by atoms with Gasteiger partial charge in [0.1, 0.15) is 0 Å². The number of hydrogen-bond acceptors (Lipinski definition) is 1. The minimum absolute atomic E-state index is 0.337. The van der Waals surface area contributed by atoms with E-state index in [9.17, 15) is 4.79 Å². The zero-order valence-corrected chi connectivity index (χ0v) is 8.88. The van der Waals surface area contributed by atoms with Crippen LogP contribution < -0.4 is 0 Å². The normalized spacial score (nSPS) is 10.7. The highest BCUT2D eigenvalue weighted by molar-refractivity contribution is 5.66. The monoisotopic (exact) mass is 186 g/mol. The van der Waals surface area contributed by atoms with Crippen LogP contribution in [-0.2, 0) is 4.79 Å². The van der Waals surface area contributed by atoms with E-state index in [2.05, 4.69) is 13.8 Å². The molecule has 2 nitrogen and oxygen atoms in total. The van der Waals surface area contributed by atoms with Gasteiger partial charge in [-0.1, -0.05) is 46.0 Å². The van der Waals surface area contributed by atoms with Crippen molar-refractivity contribution in [2.45, 2.75) is 58.8 Å². The van der Waals surface area contributed by atoms with E-state index in [1.807, 2.05) is 0 Å². The summed E-state index contributed by atoms with van der Waals surface area (Å²) in [5.74, 6) is 0.140. The Labute approximate surface area is 81.3 Å². The SMILES string of the molecule is CC(C)CCCCCCCC(=O)O. The molecule has 0 spiro atoms. The molecule has 0 rings (SSSR count). The van der Waals surface area contributed by atoms with E-state index >= 15 is 0 Å². The summed E-state index contributed by atoms with van der Waals surface area (Å²) in [5, 5.41) is 8.39. The Kier molecular flexibility index (Phi) is 7.76. The standard InChI is InChI=1S/C11H22O2/c1-10(2)8-6-4-3-5-7-9-11(12)13/h10H,3-9H2,1-2H3,(H,12,13). The first-order valence-electron chi connectivity index (χ1n) is 5.34. The molecule has 0 aliphatic rings. The highest BCUT2D eigenvalue weighted by Gasteiger charge is 1.97. The van der Waals surface area contributed by atoms with Crippen LogP contribution in [0.3, 0.4) is 0 Å². The number of carboxylic acid groups (broad SMARTS) is 1. The molecule has 0 saturated heterocycles. The molecule has 0 bridgehead atoms. The molecule has 0 unspecified atom stereocenters. The lowest BCUT2D eigenvalue weighted by Gasteiger charge is -2.03. The highest BCUT2D eigenvalue weighted by Crippen LogP contribution is 2.11. The lowest BCUT2D eigenvalue weighted by molar-refractivity contribution is -0.137. The summed E-state index contributed by atoms with van der Waals surface area (Å²) in [5.41, 5.74) is 0. The van der Waals surface area contributed by atoms with Crippen molar-refractivity contribution < 1.29 is 9.90 Å². The van der Waals surface area contributed by atoms with Crippen LogP contribution in [0.15, 0.2) is 0 Å². The van der Waals surface area contributed by atoms with Crippen LogP contribution in [0.25, 0.3) is 0 Å². The van der Waals surface area contributed by atoms with Crippen LogP contribution >= 0.6 is 0 Å². The van der Waals surface area contributed by atoms with E-state index in [4.69, 9.17) is 5.11 Å². The van der Waals surface area contributed by atoms with E-state index in [1.165, 1.54) is 25.7 Å². The van der Waals surface area contributed by atoms with Gasteiger partial charge in [0, 0.05) is 6.42 Å². The molecule has 0 amide bonds. The zero-order chi connectivity index (χ0) is 10.1. The fourth-order valence-electron chi connectivity index (χ4n) is 1.36. The zero-order valence-electron chi connectivity index (χ0n) is 8.88. The molecule has 2 heteroatoms. The second kappa shape index (κ2) is 8.09. The number of rotatable bonds is 8. The van der Waals surface area contributed by atoms with E-state index in [0.717, 1.165) is 18.8 Å². The van der Waals surface area contributed by atoms with Crippen LogP contribution in [0.5, 0.6) is 0 Å². The molecular weight excluding hydrogens is 164 g/mol. The van der Waals surface area contributed by atoms with E-state index < -0.39 is 5.97 Å². The van der Waals surface area contributed by atoms with Gasteiger partial charge in [-0.2, -0.15) is 0 Å². The van der Waals surface area contributed by atoms with Crippen LogP contribution in [0.4, 0.5) is 0 Å². The first-order chi connectivity index (χ1) is 6.13. The lowest BCUT2D eigenvalue weighted by atomic mass is 10.0. The Morgan fingerprint density at radius 2 is 1.62 bits per heavy atom. The third kappa shape index (κ3) is 11.5. The van der Waals surface area contributed by atoms with Crippen molar-refractivity contribution in [2.75, 3.05) is 0 Å². The third-order valence-electron chi connectivity index (χ3n) is 2.17. The topological polar surface area (TPSA) is 37.3 Å². The maximum atomic E-state index is 10.2. The average Bonchev–Trinajstić information content (AvgIpc) is 2.01. The molecule has 13 heavy (non-hydrogen) atoms. The van der Waals surface area contributed by atoms with Crippen molar-refractivity contribution in [2.24, 2.45) is 5.92 Å². The van der Waals surface area contributed by atoms with Crippen molar-refractivity contribution in [3.8, 4) is 0 Å². The van der Waals surface area contributed by atoms with Gasteiger partial charge >= 0.3 is 5.97 Å². The van der Waals surface area contributed by atoms with Crippen LogP contribution in [0, 0.1) is 5.92 Å². The molecule has 0 fully saturated rings. The van der Waals surface area contributed by atoms with Gasteiger partial charge in [-0.15, -0.1) is 0 Å². The quantitative estimate of drug-likeness (QED) is 0.589. The summed E-state index contributed by atoms with van der Waals surface area (Å²) in [6.07, 6.45) is 7.31. The molecule has 0 aromatic carbocycles. The van der Waals surface area contributed by atoms with E-state index in [0.29, 0.717) is 6.42 Å². The molecule has 0 aliphatic heterocycles. The molecule has 0 aromatic rings. The van der Waals surface area contributed by atoms with Crippen molar-refractivity contribution in [1.82, 2.24) is 0 Å². The van der Waals surface area contributed by atoms with Gasteiger partial charge in [0.2, 0.25) is 0 Å². The van der Waals surface area contributed by atoms with Gasteiger partial charge in [-0.05, 0) is 12.3 Å². The fraction of sp³-hybridized carbons (Fsp3) is 0.909. The minimum atomic E-state index is -0.665. The van der Waals surface area contributed by atoms with Gasteiger partial charge in [0.25, 0.3) is 0 Å². The smallest absolute Gasteiger partial charge is 0.303 e. The predicted octanol–water partition coefficient (Wildman–Crippen LogP) is 3.46. The summed E-state index contributed by atoms with van der Waals surface area (Å²) in [7, 11) is 0. The number of carboxylic acids is 1. The van der Waals surface area contributed by atoms with Crippen LogP contribution in [-0.4, -0.2) is 11.1 Å². The van der Waals surface area contributed by atoms with Crippen molar-refractivity contribution >= 4 is 5.97 Å². The number of unbranched alkanes of at least 4 members (excludes halogenated alkanes) is 4. The maximum absolute atomic E-state index is 10.2. The first kappa shape index (κ1) is 12.5. The number of aliphatic carboxylic acids is 1. The van der Waals surface area contributed by atoms with Gasteiger partial charge in [0.05, 0.1) is 0 Å². The molecule has 0 heterocycles. The van der Waals surface area contributed by atoms with Gasteiger partial charge in [-0.3, -0.25) is 4.79 Å². The Bertz CT molecular complexity index is 130. The summed E-state index contributed by atoms with van der Waals surface area (Å²) >= 11 is 0. The Hall–Kier alpha value is -0.530. The molecule has 78 valence electrons. The summed E-state index contributed by atoms with van der Waals surface area (Å²) < 4.78 is 0. The molecule has 0 aliphatic carbocycles. The molecule has 0 saturated carbocycles. The van der Waals surface area contributed by atoms with E-state index in [-0.39, 0.29) is 0 Å². The van der Waals surface area contributed by atoms with Gasteiger partial charge in [0.15, 0.2) is 0 Å². The first-order valence-corrected chi connectivity index (χ1v) is 5.34. The summed E-state index contributed by atoms with van der Waals surface area (Å²) in [6, 6.07) is 0. The highest BCUT2D eigenvalue weighted by atomic mass is 16.4. The predicted molar refractivity (Wildman–Crippen MR) is 54.8 cm³/mol. The Morgan fingerprint density at radius 3 is 2.15 bits per heavy atom. The van der Waals surface area contributed by atoms with Gasteiger partial charge < -0.3 is 5.11 Å². The molecule has 0 atom stereocenters. The van der Waals surface area contributed by atoms with Crippen LogP contribution in [0.1, 0.15) is 58.8 Å². The van der Waals surface area contributed by atoms with Crippen molar-refractivity contribution in [3.63, 3.8) is 0 Å². The minimum Gasteiger partial charge on any atom is -0.481 e. The Balaban J connectivity index is 2.96. The van der Waals surface area contributed by atoms with Crippen LogP contribution in [0.2, 0.25) is 0 Å². The largest absolute Gasteiger partial charge is 0.481 e. The fourth-order valence-corrected chi connectivity index (χ4v) is 1.36. The number of carbonyl (C=O) groups is 1. The van der Waals surface area contributed by atoms with Gasteiger partial charge in [-0.25, -0.2) is 0 Å². The molecular formula is C11H22O2. The molecule has 0 radical (unpaired) electrons. The van der Waals surface area contributed by atoms with Crippen molar-refractivity contribution in [3.05, 3.63) is 0 Å². The molecule has 1 N–H and O–H groups in total. The second-order valence-corrected chi connectivity index (χ2v) is 4.09. The van der Waals surface area contributed by atoms with Crippen molar-refractivity contribution in [1.29, 1.82) is 0 Å². The summed E-state index contributed by atoms with van der Waals surface area (Å²) in [6.45, 7) is 4.48. The van der Waals surface area contributed by atoms with E-state index in [1.54, 1.807) is 0 Å². The second-order valence-electron chi connectivity index (χ2n) is 4.09. The third-order valence-corrected chi connectivity index (χ3v) is 2.17. The lowest BCUT2D eigenvalue weighted by Crippen LogP contribution is -1.93.